The molecular weight excluding hydrogens is 509 g/mol. The molecule has 0 heterocycles. The number of hydrogen-bond acceptors (Lipinski definition) is 4. The highest BCUT2D eigenvalue weighted by Crippen LogP contribution is 2.30. The third kappa shape index (κ3) is 8.40. The molecule has 35 heavy (non-hydrogen) atoms. The zero-order valence-corrected chi connectivity index (χ0v) is 22.8. The Morgan fingerprint density at radius 2 is 1.69 bits per heavy atom. The van der Waals surface area contributed by atoms with Crippen LogP contribution in [-0.4, -0.2) is 56.6 Å². The van der Waals surface area contributed by atoms with Gasteiger partial charge < -0.3 is 10.2 Å². The quantitative estimate of drug-likeness (QED) is 0.427. The molecule has 7 nitrogen and oxygen atoms in total. The molecule has 0 spiro atoms. The van der Waals surface area contributed by atoms with Gasteiger partial charge in [0.1, 0.15) is 12.6 Å². The fourth-order valence-corrected chi connectivity index (χ4v) is 5.04. The average molecular weight is 543 g/mol. The molecule has 0 saturated carbocycles. The smallest absolute Gasteiger partial charge is 0.244 e. The minimum absolute atomic E-state index is 0.0528. The molecule has 1 N–H and O–H groups in total. The molecule has 2 rings (SSSR count). The predicted molar refractivity (Wildman–Crippen MR) is 142 cm³/mol. The summed E-state index contributed by atoms with van der Waals surface area (Å²) in [7, 11) is -3.87. The van der Waals surface area contributed by atoms with Gasteiger partial charge in [0.15, 0.2) is 0 Å². The van der Waals surface area contributed by atoms with E-state index in [0.29, 0.717) is 17.9 Å². The molecular formula is C25H33Cl2N3O4S. The van der Waals surface area contributed by atoms with E-state index in [-0.39, 0.29) is 29.2 Å². The zero-order valence-electron chi connectivity index (χ0n) is 20.5. The first-order valence-corrected chi connectivity index (χ1v) is 14.1. The first kappa shape index (κ1) is 28.9. The highest BCUT2D eigenvalue weighted by atomic mass is 35.5. The predicted octanol–water partition coefficient (Wildman–Crippen LogP) is 4.52. The lowest BCUT2D eigenvalue weighted by Crippen LogP contribution is -2.54. The molecule has 10 heteroatoms. The molecule has 0 bridgehead atoms. The Kier molecular flexibility index (Phi) is 10.9. The number of carbonyl (C=O) groups excluding carboxylic acids is 2. The van der Waals surface area contributed by atoms with Crippen molar-refractivity contribution in [2.45, 2.75) is 52.1 Å². The highest BCUT2D eigenvalue weighted by Gasteiger charge is 2.32. The second kappa shape index (κ2) is 13.1. The standard InChI is InChI=1S/C25H33Cl2N3O4S/c1-5-18(3)28-25(32)22(6-2)29(15-14-19-10-8-7-9-11-19)24(31)17-30(35(4,33)34)23-13-12-20(26)16-21(23)27/h7-13,16,18,22H,5-6,14-15,17H2,1-4H3,(H,28,32)/t18-,22-/m1/s1. The van der Waals surface area contributed by atoms with Gasteiger partial charge in [-0.1, -0.05) is 67.4 Å². The van der Waals surface area contributed by atoms with Crippen molar-refractivity contribution in [1.29, 1.82) is 0 Å². The van der Waals surface area contributed by atoms with E-state index in [9.17, 15) is 18.0 Å². The summed E-state index contributed by atoms with van der Waals surface area (Å²) in [6.45, 7) is 5.44. The summed E-state index contributed by atoms with van der Waals surface area (Å²) in [5, 5.41) is 3.39. The summed E-state index contributed by atoms with van der Waals surface area (Å²) in [6.07, 6.45) is 2.65. The summed E-state index contributed by atoms with van der Waals surface area (Å²) in [5.74, 6) is -0.762. The second-order valence-corrected chi connectivity index (χ2v) is 11.2. The molecule has 0 unspecified atom stereocenters. The minimum atomic E-state index is -3.87. The van der Waals surface area contributed by atoms with Crippen LogP contribution >= 0.6 is 23.2 Å². The van der Waals surface area contributed by atoms with Crippen LogP contribution in [0.5, 0.6) is 0 Å². The average Bonchev–Trinajstić information content (AvgIpc) is 2.80. The number of amides is 2. The number of halogens is 2. The Hall–Kier alpha value is -2.29. The van der Waals surface area contributed by atoms with Crippen molar-refractivity contribution in [2.24, 2.45) is 0 Å². The van der Waals surface area contributed by atoms with Crippen LogP contribution in [0, 0.1) is 0 Å². The van der Waals surface area contributed by atoms with E-state index in [1.165, 1.54) is 23.1 Å². The van der Waals surface area contributed by atoms with Gasteiger partial charge in [-0.2, -0.15) is 0 Å². The fourth-order valence-electron chi connectivity index (χ4n) is 3.62. The monoisotopic (exact) mass is 541 g/mol. The van der Waals surface area contributed by atoms with Crippen LogP contribution in [0.15, 0.2) is 48.5 Å². The highest BCUT2D eigenvalue weighted by molar-refractivity contribution is 7.92. The molecule has 0 aliphatic heterocycles. The number of hydrogen-bond donors (Lipinski definition) is 1. The van der Waals surface area contributed by atoms with Crippen molar-refractivity contribution in [1.82, 2.24) is 10.2 Å². The maximum atomic E-state index is 13.6. The normalized spacial score (nSPS) is 13.1. The SMILES string of the molecule is CC[C@@H](C)NC(=O)[C@@H](CC)N(CCc1ccccc1)C(=O)CN(c1ccc(Cl)cc1Cl)S(C)(=O)=O. The summed E-state index contributed by atoms with van der Waals surface area (Å²) in [6, 6.07) is 13.2. The topological polar surface area (TPSA) is 86.8 Å². The van der Waals surface area contributed by atoms with Crippen molar-refractivity contribution >= 4 is 50.7 Å². The molecule has 192 valence electrons. The lowest BCUT2D eigenvalue weighted by atomic mass is 10.1. The largest absolute Gasteiger partial charge is 0.352 e. The molecule has 2 amide bonds. The van der Waals surface area contributed by atoms with Crippen LogP contribution in [0.4, 0.5) is 5.69 Å². The molecule has 0 aliphatic rings. The lowest BCUT2D eigenvalue weighted by molar-refractivity contribution is -0.139. The Bertz CT molecular complexity index is 1110. The number of nitrogens with one attached hydrogen (secondary N) is 1. The van der Waals surface area contributed by atoms with E-state index in [2.05, 4.69) is 5.32 Å². The van der Waals surface area contributed by atoms with Crippen LogP contribution in [-0.2, 0) is 26.0 Å². The Morgan fingerprint density at radius 1 is 1.03 bits per heavy atom. The van der Waals surface area contributed by atoms with Crippen molar-refractivity contribution in [2.75, 3.05) is 23.7 Å². The van der Waals surface area contributed by atoms with Gasteiger partial charge in [-0.3, -0.25) is 13.9 Å². The van der Waals surface area contributed by atoms with E-state index in [1.807, 2.05) is 51.1 Å². The molecule has 0 radical (unpaired) electrons. The summed E-state index contributed by atoms with van der Waals surface area (Å²) < 4.78 is 26.2. The van der Waals surface area contributed by atoms with Crippen LogP contribution in [0.2, 0.25) is 10.0 Å². The molecule has 0 aliphatic carbocycles. The molecule has 0 saturated heterocycles. The number of benzene rings is 2. The summed E-state index contributed by atoms with van der Waals surface area (Å²) >= 11 is 12.2. The maximum absolute atomic E-state index is 13.6. The van der Waals surface area contributed by atoms with Gasteiger partial charge in [-0.15, -0.1) is 0 Å². The number of anilines is 1. The van der Waals surface area contributed by atoms with Crippen molar-refractivity contribution in [3.63, 3.8) is 0 Å². The Morgan fingerprint density at radius 3 is 2.23 bits per heavy atom. The van der Waals surface area contributed by atoms with E-state index in [1.54, 1.807) is 0 Å². The molecule has 2 aromatic carbocycles. The van der Waals surface area contributed by atoms with Gasteiger partial charge in [0, 0.05) is 17.6 Å². The zero-order chi connectivity index (χ0) is 26.2. The van der Waals surface area contributed by atoms with Crippen LogP contribution in [0.1, 0.15) is 39.2 Å². The van der Waals surface area contributed by atoms with Crippen LogP contribution < -0.4 is 9.62 Å². The Balaban J connectivity index is 2.39. The van der Waals surface area contributed by atoms with Crippen molar-refractivity contribution in [3.8, 4) is 0 Å². The van der Waals surface area contributed by atoms with Crippen molar-refractivity contribution in [3.05, 3.63) is 64.1 Å². The van der Waals surface area contributed by atoms with Crippen molar-refractivity contribution < 1.29 is 18.0 Å². The van der Waals surface area contributed by atoms with E-state index < -0.39 is 28.5 Å². The van der Waals surface area contributed by atoms with Gasteiger partial charge in [0.05, 0.1) is 17.0 Å². The summed E-state index contributed by atoms with van der Waals surface area (Å²) in [5.41, 5.74) is 1.15. The van der Waals surface area contributed by atoms with Gasteiger partial charge in [-0.05, 0) is 49.9 Å². The van der Waals surface area contributed by atoms with Gasteiger partial charge >= 0.3 is 0 Å². The van der Waals surface area contributed by atoms with E-state index >= 15 is 0 Å². The molecule has 2 atom stereocenters. The van der Waals surface area contributed by atoms with E-state index in [4.69, 9.17) is 23.2 Å². The molecule has 2 aromatic rings. The number of carbonyl (C=O) groups is 2. The van der Waals surface area contributed by atoms with Crippen LogP contribution in [0.3, 0.4) is 0 Å². The number of sulfonamides is 1. The second-order valence-electron chi connectivity index (χ2n) is 8.43. The molecule has 0 aromatic heterocycles. The van der Waals surface area contributed by atoms with Gasteiger partial charge in [0.2, 0.25) is 21.8 Å². The van der Waals surface area contributed by atoms with Gasteiger partial charge in [-0.25, -0.2) is 8.42 Å². The van der Waals surface area contributed by atoms with E-state index in [0.717, 1.165) is 22.5 Å². The summed E-state index contributed by atoms with van der Waals surface area (Å²) in [4.78, 5) is 28.1. The number of nitrogens with zero attached hydrogens (tertiary/aromatic N) is 2. The van der Waals surface area contributed by atoms with Gasteiger partial charge in [0.25, 0.3) is 0 Å². The molecule has 0 fully saturated rings. The first-order chi connectivity index (χ1) is 16.5. The number of rotatable bonds is 12. The lowest BCUT2D eigenvalue weighted by Gasteiger charge is -2.33. The maximum Gasteiger partial charge on any atom is 0.244 e. The minimum Gasteiger partial charge on any atom is -0.352 e. The first-order valence-electron chi connectivity index (χ1n) is 11.5. The fraction of sp³-hybridized carbons (Fsp3) is 0.440. The third-order valence-corrected chi connectivity index (χ3v) is 7.39. The third-order valence-electron chi connectivity index (χ3n) is 5.73. The Labute approximate surface area is 218 Å². The van der Waals surface area contributed by atoms with Crippen LogP contribution in [0.25, 0.3) is 0 Å².